The fourth-order valence-corrected chi connectivity index (χ4v) is 3.51. The maximum absolute atomic E-state index is 6.13. The van der Waals surface area contributed by atoms with Crippen LogP contribution in [0.3, 0.4) is 0 Å². The van der Waals surface area contributed by atoms with E-state index in [2.05, 4.69) is 16.0 Å². The van der Waals surface area contributed by atoms with Crippen LogP contribution in [0.5, 0.6) is 0 Å². The topological polar surface area (TPSA) is 30.7 Å². The van der Waals surface area contributed by atoms with Crippen LogP contribution in [0.15, 0.2) is 41.9 Å². The molecule has 0 bridgehead atoms. The number of hydrogen-bond donors (Lipinski definition) is 0. The van der Waals surface area contributed by atoms with Crippen LogP contribution in [0.4, 0.5) is 0 Å². The Labute approximate surface area is 134 Å². The van der Waals surface area contributed by atoms with Gasteiger partial charge in [-0.2, -0.15) is 0 Å². The van der Waals surface area contributed by atoms with E-state index >= 15 is 0 Å². The average molecular weight is 334 g/mol. The van der Waals surface area contributed by atoms with E-state index in [9.17, 15) is 0 Å². The van der Waals surface area contributed by atoms with Gasteiger partial charge in [-0.05, 0) is 36.4 Å². The second kappa shape index (κ2) is 4.98. The highest BCUT2D eigenvalue weighted by Gasteiger charge is 2.13. The van der Waals surface area contributed by atoms with Crippen molar-refractivity contribution in [2.24, 2.45) is 0 Å². The third-order valence-electron chi connectivity index (χ3n) is 3.38. The smallest absolute Gasteiger partial charge is 0.129 e. The summed E-state index contributed by atoms with van der Waals surface area (Å²) in [6.45, 7) is 0. The monoisotopic (exact) mass is 333 g/mol. The van der Waals surface area contributed by atoms with E-state index in [4.69, 9.17) is 23.2 Å². The molecule has 0 aliphatic rings. The van der Waals surface area contributed by atoms with Gasteiger partial charge in [-0.15, -0.1) is 22.9 Å². The van der Waals surface area contributed by atoms with Crippen LogP contribution >= 0.6 is 34.5 Å². The molecule has 0 saturated heterocycles. The fourth-order valence-electron chi connectivity index (χ4n) is 2.46. The molecular weight excluding hydrogens is 325 g/mol. The first kappa shape index (κ1) is 13.1. The number of rotatable bonds is 2. The van der Waals surface area contributed by atoms with Crippen molar-refractivity contribution in [1.29, 1.82) is 0 Å². The molecule has 0 N–H and O–H groups in total. The molecule has 0 amide bonds. The van der Waals surface area contributed by atoms with E-state index in [0.717, 1.165) is 32.8 Å². The predicted octanol–water partition coefficient (Wildman–Crippen LogP) is 5.03. The van der Waals surface area contributed by atoms with Crippen LogP contribution in [0, 0.1) is 0 Å². The second-order valence-corrected chi connectivity index (χ2v) is 6.22. The standard InChI is InChI=1S/C15H9Cl2N3S/c16-7-15-19-11-3-1-9(17)5-13(11)20(15)10-2-4-12-14(6-10)21-8-18-12/h1-6,8H,7H2. The van der Waals surface area contributed by atoms with Gasteiger partial charge in [0.2, 0.25) is 0 Å². The molecule has 21 heavy (non-hydrogen) atoms. The number of fused-ring (bicyclic) bond motifs is 2. The molecule has 104 valence electrons. The van der Waals surface area contributed by atoms with Crippen molar-refractivity contribution in [3.63, 3.8) is 0 Å². The summed E-state index contributed by atoms with van der Waals surface area (Å²) >= 11 is 13.8. The lowest BCUT2D eigenvalue weighted by Gasteiger charge is -2.08. The maximum atomic E-state index is 6.13. The van der Waals surface area contributed by atoms with Crippen LogP contribution < -0.4 is 0 Å². The normalized spacial score (nSPS) is 11.5. The zero-order valence-corrected chi connectivity index (χ0v) is 13.1. The summed E-state index contributed by atoms with van der Waals surface area (Å²) in [6.07, 6.45) is 0. The number of nitrogens with zero attached hydrogens (tertiary/aromatic N) is 3. The first-order valence-electron chi connectivity index (χ1n) is 6.33. The highest BCUT2D eigenvalue weighted by molar-refractivity contribution is 7.16. The van der Waals surface area contributed by atoms with Gasteiger partial charge in [0, 0.05) is 10.7 Å². The van der Waals surface area contributed by atoms with Crippen LogP contribution in [0.1, 0.15) is 5.82 Å². The largest absolute Gasteiger partial charge is 0.295 e. The average Bonchev–Trinajstić information content (AvgIpc) is 3.09. The van der Waals surface area contributed by atoms with Gasteiger partial charge >= 0.3 is 0 Å². The lowest BCUT2D eigenvalue weighted by molar-refractivity contribution is 0.984. The molecule has 2 aromatic heterocycles. The van der Waals surface area contributed by atoms with Gasteiger partial charge in [0.15, 0.2) is 0 Å². The molecule has 0 radical (unpaired) electrons. The van der Waals surface area contributed by atoms with Crippen LogP contribution in [0.2, 0.25) is 5.02 Å². The molecule has 4 aromatic rings. The first-order chi connectivity index (χ1) is 10.3. The lowest BCUT2D eigenvalue weighted by atomic mass is 10.2. The molecule has 3 nitrogen and oxygen atoms in total. The highest BCUT2D eigenvalue weighted by atomic mass is 35.5. The van der Waals surface area contributed by atoms with Gasteiger partial charge in [-0.1, -0.05) is 11.6 Å². The van der Waals surface area contributed by atoms with Gasteiger partial charge in [-0.3, -0.25) is 4.57 Å². The van der Waals surface area contributed by atoms with Gasteiger partial charge in [-0.25, -0.2) is 9.97 Å². The summed E-state index contributed by atoms with van der Waals surface area (Å²) in [5.74, 6) is 1.14. The van der Waals surface area contributed by atoms with E-state index < -0.39 is 0 Å². The van der Waals surface area contributed by atoms with E-state index in [1.54, 1.807) is 11.3 Å². The minimum Gasteiger partial charge on any atom is -0.295 e. The maximum Gasteiger partial charge on any atom is 0.129 e. The summed E-state index contributed by atoms with van der Waals surface area (Å²) in [5.41, 5.74) is 5.71. The number of hydrogen-bond acceptors (Lipinski definition) is 3. The lowest BCUT2D eigenvalue weighted by Crippen LogP contribution is -1.98. The van der Waals surface area contributed by atoms with Crippen molar-refractivity contribution in [2.75, 3.05) is 0 Å². The number of alkyl halides is 1. The Kier molecular flexibility index (Phi) is 3.10. The van der Waals surface area contributed by atoms with E-state index in [1.807, 2.05) is 40.4 Å². The number of benzene rings is 2. The molecule has 0 aliphatic heterocycles. The van der Waals surface area contributed by atoms with E-state index in [0.29, 0.717) is 10.9 Å². The predicted molar refractivity (Wildman–Crippen MR) is 88.8 cm³/mol. The second-order valence-electron chi connectivity index (χ2n) is 4.63. The quantitative estimate of drug-likeness (QED) is 0.482. The first-order valence-corrected chi connectivity index (χ1v) is 8.12. The molecular formula is C15H9Cl2N3S. The van der Waals surface area contributed by atoms with Gasteiger partial charge in [0.1, 0.15) is 5.82 Å². The Morgan fingerprint density at radius 2 is 1.95 bits per heavy atom. The summed E-state index contributed by atoms with van der Waals surface area (Å²) in [5, 5.41) is 0.684. The molecule has 2 aromatic carbocycles. The Bertz CT molecular complexity index is 958. The van der Waals surface area contributed by atoms with E-state index in [-0.39, 0.29) is 0 Å². The SMILES string of the molecule is ClCc1nc2ccc(Cl)cc2n1-c1ccc2ncsc2c1. The molecule has 0 saturated carbocycles. The van der Waals surface area contributed by atoms with Crippen LogP contribution in [-0.2, 0) is 5.88 Å². The Morgan fingerprint density at radius 3 is 2.81 bits per heavy atom. The zero-order valence-electron chi connectivity index (χ0n) is 10.8. The molecule has 0 atom stereocenters. The number of thiazole rings is 1. The summed E-state index contributed by atoms with van der Waals surface area (Å²) in [4.78, 5) is 8.88. The Morgan fingerprint density at radius 1 is 1.10 bits per heavy atom. The third kappa shape index (κ3) is 2.11. The molecule has 0 aliphatic carbocycles. The number of aromatic nitrogens is 3. The minimum absolute atomic E-state index is 0.340. The molecule has 4 rings (SSSR count). The molecule has 0 unspecified atom stereocenters. The Balaban J connectivity index is 2.05. The number of imidazole rings is 1. The Hall–Kier alpha value is -1.62. The minimum atomic E-state index is 0.340. The molecule has 2 heterocycles. The summed E-state index contributed by atoms with van der Waals surface area (Å²) in [6, 6.07) is 11.8. The van der Waals surface area contributed by atoms with Gasteiger partial charge in [0.05, 0.1) is 32.6 Å². The molecule has 0 fully saturated rings. The van der Waals surface area contributed by atoms with Crippen molar-refractivity contribution in [3.8, 4) is 5.69 Å². The van der Waals surface area contributed by atoms with Gasteiger partial charge < -0.3 is 0 Å². The fraction of sp³-hybridized carbons (Fsp3) is 0.0667. The summed E-state index contributed by atoms with van der Waals surface area (Å²) in [7, 11) is 0. The highest BCUT2D eigenvalue weighted by Crippen LogP contribution is 2.28. The van der Waals surface area contributed by atoms with E-state index in [1.165, 1.54) is 0 Å². The zero-order chi connectivity index (χ0) is 14.4. The number of halogens is 2. The van der Waals surface area contributed by atoms with Crippen molar-refractivity contribution < 1.29 is 0 Å². The molecule has 0 spiro atoms. The third-order valence-corrected chi connectivity index (χ3v) is 4.64. The van der Waals surface area contributed by atoms with Crippen molar-refractivity contribution in [2.45, 2.75) is 5.88 Å². The van der Waals surface area contributed by atoms with Crippen molar-refractivity contribution in [3.05, 3.63) is 52.8 Å². The van der Waals surface area contributed by atoms with Crippen LogP contribution in [-0.4, -0.2) is 14.5 Å². The van der Waals surface area contributed by atoms with Crippen molar-refractivity contribution >= 4 is 55.8 Å². The molecule has 6 heteroatoms. The van der Waals surface area contributed by atoms with Crippen LogP contribution in [0.25, 0.3) is 26.9 Å². The van der Waals surface area contributed by atoms with Crippen molar-refractivity contribution in [1.82, 2.24) is 14.5 Å². The van der Waals surface area contributed by atoms with Gasteiger partial charge in [0.25, 0.3) is 0 Å². The summed E-state index contributed by atoms with van der Waals surface area (Å²) < 4.78 is 3.19.